The van der Waals surface area contributed by atoms with E-state index in [1.165, 1.54) is 25.8 Å². The number of nitro groups is 1. The number of aromatic nitrogens is 4. The van der Waals surface area contributed by atoms with Crippen LogP contribution in [0.1, 0.15) is 13.3 Å². The third kappa shape index (κ3) is 3.02. The first-order chi connectivity index (χ1) is 10.2. The summed E-state index contributed by atoms with van der Waals surface area (Å²) in [5.41, 5.74) is 0.0250. The number of anilines is 1. The Bertz CT molecular complexity index is 649. The second-order valence-electron chi connectivity index (χ2n) is 4.02. The minimum absolute atomic E-state index is 0.0681. The summed E-state index contributed by atoms with van der Waals surface area (Å²) >= 11 is 0. The van der Waals surface area contributed by atoms with Crippen molar-refractivity contribution in [2.24, 2.45) is 0 Å². The Labute approximate surface area is 120 Å². The second kappa shape index (κ2) is 6.55. The van der Waals surface area contributed by atoms with Gasteiger partial charge in [0.25, 0.3) is 0 Å². The van der Waals surface area contributed by atoms with Crippen LogP contribution in [0.4, 0.5) is 11.5 Å². The molecule has 0 aliphatic heterocycles. The molecule has 9 heteroatoms. The van der Waals surface area contributed by atoms with Crippen LogP contribution in [0.25, 0.3) is 11.4 Å². The summed E-state index contributed by atoms with van der Waals surface area (Å²) in [4.78, 5) is 26.8. The Morgan fingerprint density at radius 2 is 2.00 bits per heavy atom. The Morgan fingerprint density at radius 1 is 1.24 bits per heavy atom. The van der Waals surface area contributed by atoms with Gasteiger partial charge in [-0.1, -0.05) is 6.92 Å². The molecule has 2 aromatic heterocycles. The van der Waals surface area contributed by atoms with Crippen molar-refractivity contribution in [2.45, 2.75) is 13.3 Å². The predicted octanol–water partition coefficient (Wildman–Crippen LogP) is 1.67. The fourth-order valence-corrected chi connectivity index (χ4v) is 1.73. The first-order valence-electron chi connectivity index (χ1n) is 6.27. The van der Waals surface area contributed by atoms with E-state index in [-0.39, 0.29) is 28.8 Å². The molecule has 21 heavy (non-hydrogen) atoms. The van der Waals surface area contributed by atoms with Crippen molar-refractivity contribution in [1.82, 2.24) is 19.9 Å². The number of nitrogens with zero attached hydrogens (tertiary/aromatic N) is 5. The molecule has 2 heterocycles. The van der Waals surface area contributed by atoms with Crippen LogP contribution in [0.2, 0.25) is 0 Å². The molecule has 0 fully saturated rings. The van der Waals surface area contributed by atoms with E-state index >= 15 is 0 Å². The quantitative estimate of drug-likeness (QED) is 0.630. The summed E-state index contributed by atoms with van der Waals surface area (Å²) in [6, 6.07) is 0. The van der Waals surface area contributed by atoms with E-state index in [1.807, 2.05) is 6.92 Å². The van der Waals surface area contributed by atoms with E-state index in [9.17, 15) is 10.1 Å². The number of nitrogens with one attached hydrogen (secondary N) is 1. The van der Waals surface area contributed by atoms with Gasteiger partial charge in [-0.05, 0) is 6.42 Å². The number of hydrogen-bond donors (Lipinski definition) is 1. The summed E-state index contributed by atoms with van der Waals surface area (Å²) < 4.78 is 5.08. The van der Waals surface area contributed by atoms with Crippen molar-refractivity contribution < 1.29 is 9.66 Å². The zero-order valence-electron chi connectivity index (χ0n) is 11.6. The lowest BCUT2D eigenvalue weighted by molar-refractivity contribution is -0.383. The molecule has 2 aromatic rings. The number of ether oxygens (including phenoxy) is 1. The molecule has 1 N–H and O–H groups in total. The topological polar surface area (TPSA) is 116 Å². The highest BCUT2D eigenvalue weighted by Crippen LogP contribution is 2.34. The highest BCUT2D eigenvalue weighted by Gasteiger charge is 2.27. The summed E-state index contributed by atoms with van der Waals surface area (Å²) in [6.07, 6.45) is 4.91. The van der Waals surface area contributed by atoms with Crippen LogP contribution in [-0.2, 0) is 0 Å². The summed E-state index contributed by atoms with van der Waals surface area (Å²) in [5, 5.41) is 14.3. The van der Waals surface area contributed by atoms with Crippen molar-refractivity contribution in [2.75, 3.05) is 19.0 Å². The van der Waals surface area contributed by atoms with Gasteiger partial charge in [0, 0.05) is 18.9 Å². The second-order valence-corrected chi connectivity index (χ2v) is 4.02. The number of rotatable bonds is 6. The fourth-order valence-electron chi connectivity index (χ4n) is 1.73. The zero-order chi connectivity index (χ0) is 15.2. The summed E-state index contributed by atoms with van der Waals surface area (Å²) in [5.74, 6) is 0.320. The maximum atomic E-state index is 11.4. The fraction of sp³-hybridized carbons (Fsp3) is 0.333. The average Bonchev–Trinajstić information content (AvgIpc) is 2.52. The van der Waals surface area contributed by atoms with Gasteiger partial charge in [-0.2, -0.15) is 0 Å². The molecule has 0 saturated heterocycles. The molecule has 0 bridgehead atoms. The monoisotopic (exact) mass is 290 g/mol. The Morgan fingerprint density at radius 3 is 2.67 bits per heavy atom. The molecule has 0 spiro atoms. The first kappa shape index (κ1) is 14.6. The van der Waals surface area contributed by atoms with E-state index in [0.717, 1.165) is 6.42 Å². The molecule has 0 saturated carbocycles. The molecule has 0 unspecified atom stereocenters. The minimum Gasteiger partial charge on any atom is -0.479 e. The van der Waals surface area contributed by atoms with Gasteiger partial charge in [-0.15, -0.1) is 0 Å². The van der Waals surface area contributed by atoms with E-state index in [2.05, 4.69) is 25.3 Å². The highest BCUT2D eigenvalue weighted by atomic mass is 16.6. The smallest absolute Gasteiger partial charge is 0.339 e. The van der Waals surface area contributed by atoms with Crippen LogP contribution in [0.15, 0.2) is 18.7 Å². The van der Waals surface area contributed by atoms with E-state index in [1.54, 1.807) is 0 Å². The SMILES string of the molecule is CCCNc1ncnc(-c2nccnc2OC)c1[N+](=O)[O-]. The molecule has 0 aliphatic carbocycles. The van der Waals surface area contributed by atoms with Crippen molar-refractivity contribution in [3.8, 4) is 17.3 Å². The van der Waals surface area contributed by atoms with Crippen LogP contribution < -0.4 is 10.1 Å². The van der Waals surface area contributed by atoms with E-state index in [4.69, 9.17) is 4.74 Å². The molecule has 2 rings (SSSR count). The van der Waals surface area contributed by atoms with Crippen LogP contribution in [0, 0.1) is 10.1 Å². The van der Waals surface area contributed by atoms with Gasteiger partial charge in [0.15, 0.2) is 11.4 Å². The van der Waals surface area contributed by atoms with Gasteiger partial charge >= 0.3 is 5.69 Å². The third-order valence-corrected chi connectivity index (χ3v) is 2.63. The van der Waals surface area contributed by atoms with Crippen molar-refractivity contribution >= 4 is 11.5 Å². The molecule has 0 aliphatic rings. The largest absolute Gasteiger partial charge is 0.479 e. The molecule has 0 atom stereocenters. The number of methoxy groups -OCH3 is 1. The maximum absolute atomic E-state index is 11.4. The lowest BCUT2D eigenvalue weighted by Crippen LogP contribution is -2.08. The van der Waals surface area contributed by atoms with Gasteiger partial charge in [-0.3, -0.25) is 10.1 Å². The molecule has 0 radical (unpaired) electrons. The normalized spacial score (nSPS) is 10.2. The highest BCUT2D eigenvalue weighted by molar-refractivity contribution is 5.76. The van der Waals surface area contributed by atoms with Gasteiger partial charge in [0.2, 0.25) is 11.7 Å². The summed E-state index contributed by atoms with van der Waals surface area (Å²) in [6.45, 7) is 2.52. The van der Waals surface area contributed by atoms with Crippen LogP contribution in [0.5, 0.6) is 5.88 Å². The molecule has 9 nitrogen and oxygen atoms in total. The standard InChI is InChI=1S/C12H14N6O3/c1-3-4-14-11-10(18(19)20)8(16-7-17-11)9-12(21-2)15-6-5-13-9/h5-7H,3-4H2,1-2H3,(H,14,16,17). The Hall–Kier alpha value is -2.84. The molecule has 0 aromatic carbocycles. The first-order valence-corrected chi connectivity index (χ1v) is 6.27. The van der Waals surface area contributed by atoms with E-state index < -0.39 is 4.92 Å². The van der Waals surface area contributed by atoms with Gasteiger partial charge in [0.1, 0.15) is 6.33 Å². The summed E-state index contributed by atoms with van der Waals surface area (Å²) in [7, 11) is 1.41. The maximum Gasteiger partial charge on any atom is 0.339 e. The molecular weight excluding hydrogens is 276 g/mol. The van der Waals surface area contributed by atoms with Crippen molar-refractivity contribution in [3.05, 3.63) is 28.8 Å². The predicted molar refractivity (Wildman–Crippen MR) is 75.0 cm³/mol. The number of hydrogen-bond acceptors (Lipinski definition) is 8. The molecule has 0 amide bonds. The van der Waals surface area contributed by atoms with Crippen molar-refractivity contribution in [1.29, 1.82) is 0 Å². The molecule has 110 valence electrons. The average molecular weight is 290 g/mol. The van der Waals surface area contributed by atoms with Crippen LogP contribution in [0.3, 0.4) is 0 Å². The van der Waals surface area contributed by atoms with Crippen molar-refractivity contribution in [3.63, 3.8) is 0 Å². The lowest BCUT2D eigenvalue weighted by Gasteiger charge is -2.09. The Kier molecular flexibility index (Phi) is 4.54. The van der Waals surface area contributed by atoms with Gasteiger partial charge in [0.05, 0.1) is 12.0 Å². The zero-order valence-corrected chi connectivity index (χ0v) is 11.6. The molecular formula is C12H14N6O3. The lowest BCUT2D eigenvalue weighted by atomic mass is 10.2. The van der Waals surface area contributed by atoms with Gasteiger partial charge in [-0.25, -0.2) is 19.9 Å². The van der Waals surface area contributed by atoms with E-state index in [0.29, 0.717) is 6.54 Å². The van der Waals surface area contributed by atoms with Crippen LogP contribution >= 0.6 is 0 Å². The van der Waals surface area contributed by atoms with Crippen LogP contribution in [-0.4, -0.2) is 38.5 Å². The minimum atomic E-state index is -0.540. The van der Waals surface area contributed by atoms with Gasteiger partial charge < -0.3 is 10.1 Å². The Balaban J connectivity index is 2.60. The third-order valence-electron chi connectivity index (χ3n) is 2.63.